The van der Waals surface area contributed by atoms with Gasteiger partial charge in [0, 0.05) is 13.1 Å². The van der Waals surface area contributed by atoms with E-state index in [0.717, 1.165) is 13.1 Å². The summed E-state index contributed by atoms with van der Waals surface area (Å²) in [5.74, 6) is 2.21. The second-order valence-electron chi connectivity index (χ2n) is 4.72. The first kappa shape index (κ1) is 11.9. The fourth-order valence-corrected chi connectivity index (χ4v) is 2.11. The van der Waals surface area contributed by atoms with Crippen molar-refractivity contribution in [2.24, 2.45) is 11.8 Å². The van der Waals surface area contributed by atoms with Crippen LogP contribution in [0.4, 0.5) is 11.9 Å². The Hall–Kier alpha value is -1.59. The standard InChI is InChI=1S/C11H19N5O/c1-7(2)8-4-5-16(6-8)10-13-9(12)14-11(15-10)17-3/h7-8H,4-6H2,1-3H3,(H2,12,13,14,15). The molecule has 17 heavy (non-hydrogen) atoms. The van der Waals surface area contributed by atoms with E-state index in [1.165, 1.54) is 13.5 Å². The van der Waals surface area contributed by atoms with Crippen LogP contribution in [0.1, 0.15) is 20.3 Å². The predicted molar refractivity (Wildman–Crippen MR) is 65.9 cm³/mol. The van der Waals surface area contributed by atoms with Gasteiger partial charge in [-0.15, -0.1) is 0 Å². The van der Waals surface area contributed by atoms with Gasteiger partial charge in [0.05, 0.1) is 7.11 Å². The van der Waals surface area contributed by atoms with Gasteiger partial charge in [-0.05, 0) is 18.3 Å². The van der Waals surface area contributed by atoms with Crippen LogP contribution in [0, 0.1) is 11.8 Å². The molecule has 1 saturated heterocycles. The molecule has 1 aliphatic heterocycles. The van der Waals surface area contributed by atoms with Crippen LogP contribution in [0.15, 0.2) is 0 Å². The quantitative estimate of drug-likeness (QED) is 0.843. The third-order valence-electron chi connectivity index (χ3n) is 3.25. The largest absolute Gasteiger partial charge is 0.467 e. The normalized spacial score (nSPS) is 20.0. The maximum Gasteiger partial charge on any atom is 0.322 e. The molecule has 0 spiro atoms. The molecule has 0 bridgehead atoms. The molecule has 1 atom stereocenters. The van der Waals surface area contributed by atoms with Gasteiger partial charge >= 0.3 is 6.01 Å². The van der Waals surface area contributed by atoms with E-state index in [1.807, 2.05) is 0 Å². The lowest BCUT2D eigenvalue weighted by Gasteiger charge is -2.18. The molecule has 0 saturated carbocycles. The van der Waals surface area contributed by atoms with E-state index in [-0.39, 0.29) is 12.0 Å². The highest BCUT2D eigenvalue weighted by molar-refractivity contribution is 5.37. The molecule has 0 aromatic carbocycles. The Labute approximate surface area is 101 Å². The second-order valence-corrected chi connectivity index (χ2v) is 4.72. The van der Waals surface area contributed by atoms with Crippen LogP contribution < -0.4 is 15.4 Å². The molecule has 0 amide bonds. The lowest BCUT2D eigenvalue weighted by molar-refractivity contribution is 0.378. The summed E-state index contributed by atoms with van der Waals surface area (Å²) in [5.41, 5.74) is 5.63. The zero-order valence-corrected chi connectivity index (χ0v) is 10.6. The molecule has 0 aliphatic carbocycles. The number of aromatic nitrogens is 3. The average Bonchev–Trinajstić information content (AvgIpc) is 2.77. The molecular formula is C11H19N5O. The number of ether oxygens (including phenoxy) is 1. The maximum atomic E-state index is 5.63. The number of rotatable bonds is 3. The molecule has 1 fully saturated rings. The Balaban J connectivity index is 2.15. The Morgan fingerprint density at radius 3 is 2.71 bits per heavy atom. The molecule has 6 nitrogen and oxygen atoms in total. The number of nitrogens with two attached hydrogens (primary N) is 1. The molecule has 1 aromatic heterocycles. The molecule has 6 heteroatoms. The van der Waals surface area contributed by atoms with E-state index in [2.05, 4.69) is 33.7 Å². The van der Waals surface area contributed by atoms with Crippen molar-refractivity contribution in [1.82, 2.24) is 15.0 Å². The summed E-state index contributed by atoms with van der Waals surface area (Å²) in [7, 11) is 1.53. The summed E-state index contributed by atoms with van der Waals surface area (Å²) in [4.78, 5) is 14.4. The SMILES string of the molecule is COc1nc(N)nc(N2CCC(C(C)C)C2)n1. The lowest BCUT2D eigenvalue weighted by atomic mass is 9.95. The van der Waals surface area contributed by atoms with E-state index >= 15 is 0 Å². The van der Waals surface area contributed by atoms with Crippen LogP contribution in [0.3, 0.4) is 0 Å². The van der Waals surface area contributed by atoms with Crippen LogP contribution in [0.25, 0.3) is 0 Å². The van der Waals surface area contributed by atoms with Gasteiger partial charge in [0.2, 0.25) is 11.9 Å². The molecule has 2 rings (SSSR count). The topological polar surface area (TPSA) is 77.2 Å². The summed E-state index contributed by atoms with van der Waals surface area (Å²) in [6.07, 6.45) is 1.17. The first-order chi connectivity index (χ1) is 8.10. The Morgan fingerprint density at radius 2 is 2.12 bits per heavy atom. The summed E-state index contributed by atoms with van der Waals surface area (Å²) in [6, 6.07) is 0.278. The van der Waals surface area contributed by atoms with Crippen molar-refractivity contribution in [3.63, 3.8) is 0 Å². The molecule has 2 N–H and O–H groups in total. The predicted octanol–water partition coefficient (Wildman–Crippen LogP) is 0.945. The number of nitrogens with zero attached hydrogens (tertiary/aromatic N) is 4. The molecule has 1 aromatic rings. The summed E-state index contributed by atoms with van der Waals surface area (Å²) >= 11 is 0. The minimum Gasteiger partial charge on any atom is -0.467 e. The van der Waals surface area contributed by atoms with Crippen molar-refractivity contribution in [3.05, 3.63) is 0 Å². The first-order valence-corrected chi connectivity index (χ1v) is 5.90. The molecule has 94 valence electrons. The van der Waals surface area contributed by atoms with Crippen molar-refractivity contribution in [2.75, 3.05) is 30.8 Å². The zero-order valence-electron chi connectivity index (χ0n) is 10.6. The van der Waals surface area contributed by atoms with Crippen molar-refractivity contribution < 1.29 is 4.74 Å². The van der Waals surface area contributed by atoms with Crippen molar-refractivity contribution in [3.8, 4) is 6.01 Å². The van der Waals surface area contributed by atoms with E-state index in [0.29, 0.717) is 17.8 Å². The first-order valence-electron chi connectivity index (χ1n) is 5.90. The zero-order chi connectivity index (χ0) is 12.4. The van der Waals surface area contributed by atoms with E-state index in [9.17, 15) is 0 Å². The van der Waals surface area contributed by atoms with E-state index in [4.69, 9.17) is 10.5 Å². The van der Waals surface area contributed by atoms with Crippen LogP contribution in [-0.4, -0.2) is 35.2 Å². The number of nitrogen functional groups attached to an aromatic ring is 1. The van der Waals surface area contributed by atoms with Crippen molar-refractivity contribution in [2.45, 2.75) is 20.3 Å². The second kappa shape index (κ2) is 4.73. The smallest absolute Gasteiger partial charge is 0.322 e. The average molecular weight is 237 g/mol. The Bertz CT molecular complexity index is 395. The summed E-state index contributed by atoms with van der Waals surface area (Å²) < 4.78 is 5.00. The number of hydrogen-bond donors (Lipinski definition) is 1. The van der Waals surface area contributed by atoms with Gasteiger partial charge in [-0.3, -0.25) is 0 Å². The minimum atomic E-state index is 0.208. The monoisotopic (exact) mass is 237 g/mol. The summed E-state index contributed by atoms with van der Waals surface area (Å²) in [5, 5.41) is 0. The summed E-state index contributed by atoms with van der Waals surface area (Å²) in [6.45, 7) is 6.44. The third-order valence-corrected chi connectivity index (χ3v) is 3.25. The fraction of sp³-hybridized carbons (Fsp3) is 0.727. The Kier molecular flexibility index (Phi) is 3.31. The van der Waals surface area contributed by atoms with Crippen LogP contribution in [-0.2, 0) is 0 Å². The van der Waals surface area contributed by atoms with Crippen LogP contribution in [0.5, 0.6) is 6.01 Å². The van der Waals surface area contributed by atoms with Gasteiger partial charge < -0.3 is 15.4 Å². The van der Waals surface area contributed by atoms with E-state index < -0.39 is 0 Å². The third kappa shape index (κ3) is 2.57. The highest BCUT2D eigenvalue weighted by atomic mass is 16.5. The molecule has 0 radical (unpaired) electrons. The van der Waals surface area contributed by atoms with Gasteiger partial charge in [0.1, 0.15) is 0 Å². The van der Waals surface area contributed by atoms with Crippen LogP contribution in [0.2, 0.25) is 0 Å². The van der Waals surface area contributed by atoms with E-state index in [1.54, 1.807) is 0 Å². The molecular weight excluding hydrogens is 218 g/mol. The highest BCUT2D eigenvalue weighted by Crippen LogP contribution is 2.26. The van der Waals surface area contributed by atoms with Gasteiger partial charge in [-0.25, -0.2) is 0 Å². The number of methoxy groups -OCH3 is 1. The van der Waals surface area contributed by atoms with Crippen LogP contribution >= 0.6 is 0 Å². The van der Waals surface area contributed by atoms with Crippen molar-refractivity contribution >= 4 is 11.9 Å². The van der Waals surface area contributed by atoms with Gasteiger partial charge in [-0.1, -0.05) is 13.8 Å². The lowest BCUT2D eigenvalue weighted by Crippen LogP contribution is -2.24. The van der Waals surface area contributed by atoms with Gasteiger partial charge in [0.25, 0.3) is 0 Å². The maximum absolute atomic E-state index is 5.63. The van der Waals surface area contributed by atoms with Crippen molar-refractivity contribution in [1.29, 1.82) is 0 Å². The molecule has 1 unspecified atom stereocenters. The number of hydrogen-bond acceptors (Lipinski definition) is 6. The molecule has 2 heterocycles. The Morgan fingerprint density at radius 1 is 1.35 bits per heavy atom. The fourth-order valence-electron chi connectivity index (χ4n) is 2.11. The minimum absolute atomic E-state index is 0.208. The number of anilines is 2. The van der Waals surface area contributed by atoms with Gasteiger partial charge in [0.15, 0.2) is 0 Å². The van der Waals surface area contributed by atoms with Gasteiger partial charge in [-0.2, -0.15) is 15.0 Å². The highest BCUT2D eigenvalue weighted by Gasteiger charge is 2.27. The molecule has 1 aliphatic rings.